The Bertz CT molecular complexity index is 675. The van der Waals surface area contributed by atoms with Gasteiger partial charge in [-0.25, -0.2) is 4.98 Å². The topological polar surface area (TPSA) is 102 Å². The Morgan fingerprint density at radius 3 is 3.00 bits per heavy atom. The standard InChI is InChI=1S/C16H23N5O3S/c1-10-20-21-16(24-10)19-13-4-3-11(7-14(13)23-2)15(22)17-6-5-12-8-25-9-18-12/h8-9,11,13-14H,3-7H2,1-2H3,(H,17,22)(H,19,21)/t11-,13-,14-/m0/s1. The van der Waals surface area contributed by atoms with Gasteiger partial charge in [0.1, 0.15) is 0 Å². The van der Waals surface area contributed by atoms with Crippen LogP contribution in [0.15, 0.2) is 15.3 Å². The van der Waals surface area contributed by atoms with E-state index < -0.39 is 0 Å². The van der Waals surface area contributed by atoms with E-state index in [0.29, 0.717) is 24.9 Å². The number of anilines is 1. The zero-order chi connectivity index (χ0) is 17.6. The lowest BCUT2D eigenvalue weighted by Crippen LogP contribution is -2.45. The first kappa shape index (κ1) is 17.8. The summed E-state index contributed by atoms with van der Waals surface area (Å²) in [5.74, 6) is 0.567. The number of ether oxygens (including phenoxy) is 1. The fourth-order valence-electron chi connectivity index (χ4n) is 3.13. The molecule has 0 aliphatic heterocycles. The minimum Gasteiger partial charge on any atom is -0.408 e. The maximum absolute atomic E-state index is 12.4. The van der Waals surface area contributed by atoms with E-state index in [1.165, 1.54) is 0 Å². The number of thiazole rings is 1. The van der Waals surface area contributed by atoms with Crippen molar-refractivity contribution in [1.29, 1.82) is 0 Å². The van der Waals surface area contributed by atoms with Crippen LogP contribution < -0.4 is 10.6 Å². The maximum atomic E-state index is 12.4. The molecular formula is C16H23N5O3S. The van der Waals surface area contributed by atoms with Gasteiger partial charge in [-0.2, -0.15) is 0 Å². The summed E-state index contributed by atoms with van der Waals surface area (Å²) in [6, 6.07) is 0.458. The van der Waals surface area contributed by atoms with Crippen molar-refractivity contribution in [3.63, 3.8) is 0 Å². The van der Waals surface area contributed by atoms with Crippen molar-refractivity contribution >= 4 is 23.3 Å². The van der Waals surface area contributed by atoms with Gasteiger partial charge in [0.2, 0.25) is 11.8 Å². The van der Waals surface area contributed by atoms with Gasteiger partial charge in [0.25, 0.3) is 0 Å². The lowest BCUT2D eigenvalue weighted by Gasteiger charge is -2.34. The van der Waals surface area contributed by atoms with E-state index in [2.05, 4.69) is 25.8 Å². The SMILES string of the molecule is CO[C@H]1C[C@@H](C(=O)NCCc2cscn2)CC[C@@H]1Nc1nnc(C)o1. The Morgan fingerprint density at radius 2 is 2.32 bits per heavy atom. The van der Waals surface area contributed by atoms with Gasteiger partial charge in [0, 0.05) is 38.3 Å². The fourth-order valence-corrected chi connectivity index (χ4v) is 3.72. The van der Waals surface area contributed by atoms with Crippen LogP contribution in [0, 0.1) is 12.8 Å². The number of hydrogen-bond acceptors (Lipinski definition) is 8. The van der Waals surface area contributed by atoms with Crippen LogP contribution in [0.1, 0.15) is 30.8 Å². The molecule has 8 nitrogen and oxygen atoms in total. The predicted molar refractivity (Wildman–Crippen MR) is 93.4 cm³/mol. The average molecular weight is 365 g/mol. The third kappa shape index (κ3) is 4.76. The Labute approximate surface area is 150 Å². The van der Waals surface area contributed by atoms with E-state index in [0.717, 1.165) is 25.0 Å². The Balaban J connectivity index is 1.47. The summed E-state index contributed by atoms with van der Waals surface area (Å²) in [6.45, 7) is 2.36. The third-order valence-corrected chi connectivity index (χ3v) is 5.10. The minimum absolute atomic E-state index is 0.0390. The van der Waals surface area contributed by atoms with Crippen molar-refractivity contribution in [2.24, 2.45) is 5.92 Å². The molecule has 0 bridgehead atoms. The summed E-state index contributed by atoms with van der Waals surface area (Å²) in [5.41, 5.74) is 2.82. The van der Waals surface area contributed by atoms with Crippen molar-refractivity contribution in [3.05, 3.63) is 22.5 Å². The van der Waals surface area contributed by atoms with Gasteiger partial charge >= 0.3 is 6.01 Å². The van der Waals surface area contributed by atoms with Crippen LogP contribution in [-0.4, -0.2) is 46.9 Å². The number of aryl methyl sites for hydroxylation is 1. The van der Waals surface area contributed by atoms with Crippen LogP contribution in [0.3, 0.4) is 0 Å². The molecule has 3 atom stereocenters. The second kappa shape index (κ2) is 8.39. The summed E-state index contributed by atoms with van der Waals surface area (Å²) in [5, 5.41) is 16.0. The molecule has 0 spiro atoms. The van der Waals surface area contributed by atoms with Crippen LogP contribution in [-0.2, 0) is 16.0 Å². The van der Waals surface area contributed by atoms with Gasteiger partial charge in [-0.15, -0.1) is 16.4 Å². The number of rotatable bonds is 7. The molecule has 0 unspecified atom stereocenters. The molecule has 3 rings (SSSR count). The second-order valence-corrected chi connectivity index (χ2v) is 6.90. The van der Waals surface area contributed by atoms with Crippen molar-refractivity contribution in [2.45, 2.75) is 44.8 Å². The van der Waals surface area contributed by atoms with Gasteiger partial charge < -0.3 is 19.8 Å². The molecule has 136 valence electrons. The number of methoxy groups -OCH3 is 1. The van der Waals surface area contributed by atoms with E-state index in [1.54, 1.807) is 30.9 Å². The molecule has 25 heavy (non-hydrogen) atoms. The molecule has 1 saturated carbocycles. The van der Waals surface area contributed by atoms with E-state index in [4.69, 9.17) is 9.15 Å². The second-order valence-electron chi connectivity index (χ2n) is 6.18. The zero-order valence-electron chi connectivity index (χ0n) is 14.4. The Morgan fingerprint density at radius 1 is 1.44 bits per heavy atom. The van der Waals surface area contributed by atoms with Crippen molar-refractivity contribution in [3.8, 4) is 0 Å². The van der Waals surface area contributed by atoms with E-state index >= 15 is 0 Å². The number of nitrogens with zero attached hydrogens (tertiary/aromatic N) is 3. The number of nitrogens with one attached hydrogen (secondary N) is 2. The highest BCUT2D eigenvalue weighted by Gasteiger charge is 2.34. The third-order valence-electron chi connectivity index (χ3n) is 4.46. The van der Waals surface area contributed by atoms with Gasteiger partial charge in [-0.3, -0.25) is 4.79 Å². The lowest BCUT2D eigenvalue weighted by molar-refractivity contribution is -0.127. The summed E-state index contributed by atoms with van der Waals surface area (Å²) in [4.78, 5) is 16.6. The number of aromatic nitrogens is 3. The predicted octanol–water partition coefficient (Wildman–Crippen LogP) is 1.79. The smallest absolute Gasteiger partial charge is 0.315 e. The van der Waals surface area contributed by atoms with Gasteiger partial charge in [-0.05, 0) is 19.3 Å². The van der Waals surface area contributed by atoms with Gasteiger partial charge in [-0.1, -0.05) is 5.10 Å². The first-order valence-electron chi connectivity index (χ1n) is 8.40. The van der Waals surface area contributed by atoms with Crippen molar-refractivity contribution in [2.75, 3.05) is 19.0 Å². The molecule has 1 aliphatic carbocycles. The lowest BCUT2D eigenvalue weighted by atomic mass is 9.83. The molecule has 2 heterocycles. The number of carbonyl (C=O) groups excluding carboxylic acids is 1. The van der Waals surface area contributed by atoms with E-state index in [-0.39, 0.29) is 24.0 Å². The quantitative estimate of drug-likeness (QED) is 0.771. The highest BCUT2D eigenvalue weighted by Crippen LogP contribution is 2.28. The van der Waals surface area contributed by atoms with Crippen LogP contribution in [0.25, 0.3) is 0 Å². The highest BCUT2D eigenvalue weighted by molar-refractivity contribution is 7.07. The van der Waals surface area contributed by atoms with Gasteiger partial charge in [0.15, 0.2) is 0 Å². The van der Waals surface area contributed by atoms with E-state index in [9.17, 15) is 4.79 Å². The highest BCUT2D eigenvalue weighted by atomic mass is 32.1. The summed E-state index contributed by atoms with van der Waals surface area (Å²) < 4.78 is 11.0. The van der Waals surface area contributed by atoms with Crippen molar-refractivity contribution < 1.29 is 13.9 Å². The largest absolute Gasteiger partial charge is 0.408 e. The first-order valence-corrected chi connectivity index (χ1v) is 9.34. The Hall–Kier alpha value is -2.00. The van der Waals surface area contributed by atoms with Crippen LogP contribution >= 0.6 is 11.3 Å². The van der Waals surface area contributed by atoms with Crippen LogP contribution in [0.5, 0.6) is 0 Å². The molecule has 1 amide bonds. The molecule has 0 aromatic carbocycles. The van der Waals surface area contributed by atoms with Crippen LogP contribution in [0.2, 0.25) is 0 Å². The van der Waals surface area contributed by atoms with E-state index in [1.807, 2.05) is 5.38 Å². The van der Waals surface area contributed by atoms with Crippen molar-refractivity contribution in [1.82, 2.24) is 20.5 Å². The molecule has 2 aromatic rings. The monoisotopic (exact) mass is 365 g/mol. The summed E-state index contributed by atoms with van der Waals surface area (Å²) in [7, 11) is 1.67. The first-order chi connectivity index (χ1) is 12.2. The molecule has 2 N–H and O–H groups in total. The molecular weight excluding hydrogens is 342 g/mol. The maximum Gasteiger partial charge on any atom is 0.315 e. The minimum atomic E-state index is -0.0738. The average Bonchev–Trinajstić information content (AvgIpc) is 3.27. The molecule has 0 saturated heterocycles. The summed E-state index contributed by atoms with van der Waals surface area (Å²) in [6.07, 6.45) is 2.97. The molecule has 1 fully saturated rings. The number of hydrogen-bond donors (Lipinski definition) is 2. The molecule has 0 radical (unpaired) electrons. The normalized spacial score (nSPS) is 23.4. The number of amides is 1. The molecule has 1 aliphatic rings. The van der Waals surface area contributed by atoms with Gasteiger partial charge in [0.05, 0.1) is 23.4 Å². The fraction of sp³-hybridized carbons (Fsp3) is 0.625. The number of carbonyl (C=O) groups is 1. The Kier molecular flexibility index (Phi) is 5.98. The zero-order valence-corrected chi connectivity index (χ0v) is 15.2. The summed E-state index contributed by atoms with van der Waals surface area (Å²) >= 11 is 1.57. The molecule has 2 aromatic heterocycles. The molecule has 9 heteroatoms. The van der Waals surface area contributed by atoms with Crippen LogP contribution in [0.4, 0.5) is 6.01 Å².